The molecule has 0 aliphatic heterocycles. The highest BCUT2D eigenvalue weighted by molar-refractivity contribution is 5.95. The summed E-state index contributed by atoms with van der Waals surface area (Å²) < 4.78 is 5.45. The van der Waals surface area contributed by atoms with Gasteiger partial charge >= 0.3 is 0 Å². The van der Waals surface area contributed by atoms with Crippen LogP contribution in [0.3, 0.4) is 0 Å². The molecular formula is C14H22N2O2. The molecular weight excluding hydrogens is 228 g/mol. The second kappa shape index (κ2) is 5.57. The molecule has 2 N–H and O–H groups in total. The first-order valence-electron chi connectivity index (χ1n) is 6.71. The number of hydrogen-bond donors (Lipinski definition) is 1. The van der Waals surface area contributed by atoms with Crippen molar-refractivity contribution in [3.8, 4) is 0 Å². The average molecular weight is 250 g/mol. The number of nitrogens with zero attached hydrogens (tertiary/aromatic N) is 1. The third-order valence-corrected chi connectivity index (χ3v) is 3.67. The van der Waals surface area contributed by atoms with E-state index in [1.165, 1.54) is 12.8 Å². The van der Waals surface area contributed by atoms with E-state index in [4.69, 9.17) is 10.2 Å². The van der Waals surface area contributed by atoms with Crippen LogP contribution in [0, 0.1) is 13.8 Å². The third-order valence-electron chi connectivity index (χ3n) is 3.67. The molecule has 1 amide bonds. The van der Waals surface area contributed by atoms with Gasteiger partial charge in [-0.15, -0.1) is 0 Å². The predicted molar refractivity (Wildman–Crippen MR) is 70.5 cm³/mol. The van der Waals surface area contributed by atoms with E-state index in [0.717, 1.165) is 18.6 Å². The van der Waals surface area contributed by atoms with Crippen LogP contribution >= 0.6 is 0 Å². The van der Waals surface area contributed by atoms with Gasteiger partial charge in [-0.2, -0.15) is 0 Å². The topological polar surface area (TPSA) is 59.5 Å². The van der Waals surface area contributed by atoms with Gasteiger partial charge in [0.2, 0.25) is 0 Å². The van der Waals surface area contributed by atoms with Crippen molar-refractivity contribution >= 4 is 5.91 Å². The van der Waals surface area contributed by atoms with Crippen LogP contribution in [0.15, 0.2) is 10.5 Å². The smallest absolute Gasteiger partial charge is 0.257 e. The van der Waals surface area contributed by atoms with Crippen molar-refractivity contribution in [3.05, 3.63) is 23.2 Å². The SMILES string of the molecule is Cc1cc(C(=O)N(CCN)C2CCCC2)c(C)o1. The van der Waals surface area contributed by atoms with Crippen molar-refractivity contribution in [1.29, 1.82) is 0 Å². The number of rotatable bonds is 4. The second-order valence-electron chi connectivity index (χ2n) is 5.05. The summed E-state index contributed by atoms with van der Waals surface area (Å²) in [5.74, 6) is 1.56. The molecule has 4 heteroatoms. The molecule has 2 rings (SSSR count). The van der Waals surface area contributed by atoms with Crippen LogP contribution in [0.4, 0.5) is 0 Å². The minimum absolute atomic E-state index is 0.0710. The van der Waals surface area contributed by atoms with E-state index in [1.807, 2.05) is 24.8 Å². The minimum Gasteiger partial charge on any atom is -0.466 e. The van der Waals surface area contributed by atoms with Crippen LogP contribution in [0.5, 0.6) is 0 Å². The van der Waals surface area contributed by atoms with Gasteiger partial charge in [0.1, 0.15) is 11.5 Å². The fourth-order valence-electron chi connectivity index (χ4n) is 2.80. The molecule has 0 unspecified atom stereocenters. The molecule has 0 saturated heterocycles. The molecule has 0 spiro atoms. The summed E-state index contributed by atoms with van der Waals surface area (Å²) in [6.45, 7) is 4.85. The summed E-state index contributed by atoms with van der Waals surface area (Å²) in [5.41, 5.74) is 6.33. The Morgan fingerprint density at radius 3 is 2.61 bits per heavy atom. The van der Waals surface area contributed by atoms with Gasteiger partial charge in [-0.1, -0.05) is 12.8 Å². The van der Waals surface area contributed by atoms with Crippen molar-refractivity contribution in [2.45, 2.75) is 45.6 Å². The molecule has 1 aromatic rings. The summed E-state index contributed by atoms with van der Waals surface area (Å²) >= 11 is 0. The molecule has 0 aromatic carbocycles. The fourth-order valence-corrected chi connectivity index (χ4v) is 2.80. The van der Waals surface area contributed by atoms with Crippen molar-refractivity contribution in [3.63, 3.8) is 0 Å². The third kappa shape index (κ3) is 2.58. The molecule has 1 saturated carbocycles. The number of carbonyl (C=O) groups excluding carboxylic acids is 1. The van der Waals surface area contributed by atoms with Crippen LogP contribution in [-0.4, -0.2) is 29.9 Å². The summed E-state index contributed by atoms with van der Waals surface area (Å²) in [4.78, 5) is 14.5. The minimum atomic E-state index is 0.0710. The first-order valence-corrected chi connectivity index (χ1v) is 6.71. The van der Waals surface area contributed by atoms with E-state index < -0.39 is 0 Å². The van der Waals surface area contributed by atoms with E-state index in [2.05, 4.69) is 0 Å². The summed E-state index contributed by atoms with van der Waals surface area (Å²) in [6.07, 6.45) is 4.62. The highest BCUT2D eigenvalue weighted by Gasteiger charge is 2.28. The molecule has 1 aliphatic carbocycles. The van der Waals surface area contributed by atoms with Gasteiger partial charge in [0.25, 0.3) is 5.91 Å². The zero-order valence-corrected chi connectivity index (χ0v) is 11.2. The van der Waals surface area contributed by atoms with Gasteiger partial charge in [-0.3, -0.25) is 4.79 Å². The van der Waals surface area contributed by atoms with Crippen molar-refractivity contribution in [1.82, 2.24) is 4.90 Å². The Labute approximate surface area is 108 Å². The Bertz CT molecular complexity index is 419. The van der Waals surface area contributed by atoms with E-state index in [0.29, 0.717) is 30.5 Å². The maximum atomic E-state index is 12.6. The summed E-state index contributed by atoms with van der Waals surface area (Å²) in [6, 6.07) is 2.19. The van der Waals surface area contributed by atoms with E-state index in [9.17, 15) is 4.79 Å². The Morgan fingerprint density at radius 2 is 2.11 bits per heavy atom. The molecule has 0 radical (unpaired) electrons. The molecule has 1 fully saturated rings. The molecule has 1 aromatic heterocycles. The number of furan rings is 1. The number of carbonyl (C=O) groups is 1. The Balaban J connectivity index is 2.19. The molecule has 1 heterocycles. The van der Waals surface area contributed by atoms with Gasteiger partial charge in [0.05, 0.1) is 5.56 Å². The van der Waals surface area contributed by atoms with Gasteiger partial charge in [0.15, 0.2) is 0 Å². The van der Waals surface area contributed by atoms with E-state index in [1.54, 1.807) is 0 Å². The number of aryl methyl sites for hydroxylation is 2. The lowest BCUT2D eigenvalue weighted by Crippen LogP contribution is -2.42. The summed E-state index contributed by atoms with van der Waals surface area (Å²) in [5, 5.41) is 0. The fraction of sp³-hybridized carbons (Fsp3) is 0.643. The molecule has 0 atom stereocenters. The van der Waals surface area contributed by atoms with Gasteiger partial charge < -0.3 is 15.1 Å². The average Bonchev–Trinajstić information content (AvgIpc) is 2.95. The largest absolute Gasteiger partial charge is 0.466 e. The maximum absolute atomic E-state index is 12.6. The van der Waals surface area contributed by atoms with Crippen molar-refractivity contribution in [2.24, 2.45) is 5.73 Å². The lowest BCUT2D eigenvalue weighted by molar-refractivity contribution is 0.0686. The quantitative estimate of drug-likeness (QED) is 0.891. The Morgan fingerprint density at radius 1 is 1.44 bits per heavy atom. The highest BCUT2D eigenvalue weighted by Crippen LogP contribution is 2.26. The Kier molecular flexibility index (Phi) is 4.07. The zero-order chi connectivity index (χ0) is 13.1. The maximum Gasteiger partial charge on any atom is 0.257 e. The van der Waals surface area contributed by atoms with Crippen LogP contribution in [-0.2, 0) is 0 Å². The van der Waals surface area contributed by atoms with Crippen LogP contribution in [0.1, 0.15) is 47.6 Å². The predicted octanol–water partition coefficient (Wildman–Crippen LogP) is 2.24. The summed E-state index contributed by atoms with van der Waals surface area (Å²) in [7, 11) is 0. The van der Waals surface area contributed by atoms with E-state index in [-0.39, 0.29) is 5.91 Å². The highest BCUT2D eigenvalue weighted by atomic mass is 16.3. The van der Waals surface area contributed by atoms with Crippen LogP contribution in [0.25, 0.3) is 0 Å². The first-order chi connectivity index (χ1) is 8.63. The van der Waals surface area contributed by atoms with Crippen molar-refractivity contribution in [2.75, 3.05) is 13.1 Å². The monoisotopic (exact) mass is 250 g/mol. The number of hydrogen-bond acceptors (Lipinski definition) is 3. The lowest BCUT2D eigenvalue weighted by Gasteiger charge is -2.28. The first kappa shape index (κ1) is 13.1. The standard InChI is InChI=1S/C14H22N2O2/c1-10-9-13(11(2)18-10)14(17)16(8-7-15)12-5-3-4-6-12/h9,12H,3-8,15H2,1-2H3. The van der Waals surface area contributed by atoms with Crippen LogP contribution < -0.4 is 5.73 Å². The molecule has 0 bridgehead atoms. The second-order valence-corrected chi connectivity index (χ2v) is 5.05. The van der Waals surface area contributed by atoms with Crippen LogP contribution in [0.2, 0.25) is 0 Å². The van der Waals surface area contributed by atoms with E-state index >= 15 is 0 Å². The molecule has 4 nitrogen and oxygen atoms in total. The van der Waals surface area contributed by atoms with Crippen molar-refractivity contribution < 1.29 is 9.21 Å². The zero-order valence-electron chi connectivity index (χ0n) is 11.2. The van der Waals surface area contributed by atoms with Gasteiger partial charge in [-0.05, 0) is 32.8 Å². The number of amides is 1. The molecule has 1 aliphatic rings. The van der Waals surface area contributed by atoms with Gasteiger partial charge in [0, 0.05) is 19.1 Å². The Hall–Kier alpha value is -1.29. The molecule has 100 valence electrons. The number of nitrogens with two attached hydrogens (primary N) is 1. The lowest BCUT2D eigenvalue weighted by atomic mass is 10.1. The van der Waals surface area contributed by atoms with Gasteiger partial charge in [-0.25, -0.2) is 0 Å². The molecule has 18 heavy (non-hydrogen) atoms. The normalized spacial score (nSPS) is 16.2.